The lowest BCUT2D eigenvalue weighted by molar-refractivity contribution is -0.652. The van der Waals surface area contributed by atoms with Crippen LogP contribution in [0.5, 0.6) is 0 Å². The standard InChI is InChI=1S/C21H16N5.2C16H14N5.C15H11N4O.C15H11N4S/c1-24-19-16-9-11-22-12-17(16)26(15-7-3-2-4-8-15)21(19)25-13-14-6-5-10-23-18(14)20(24)25;2*1-19-12-8-17-7-5-11(12)14-16(19)21-9-10-4-3-6-18-13(10)15(21)20(14)2;2*1-18-13-10-4-6-16-7-11(10)20-15(13)19-8-9-3-2-5-17-12(9)14(18)19/h2-12H,13H2,1H3;2*3-8H,9H2,1-2H3;2*2-7H,8H2,1H3/q5*+1/i;1D3,2D3;;;. The number of hydrogen-bond acceptors (Lipinski definition) is 12. The van der Waals surface area contributed by atoms with E-state index in [0.29, 0.717) is 40.1 Å². The van der Waals surface area contributed by atoms with Gasteiger partial charge in [0.2, 0.25) is 10.3 Å². The summed E-state index contributed by atoms with van der Waals surface area (Å²) in [6.45, 7) is -1.20. The molecule has 0 N–H and O–H groups in total. The van der Waals surface area contributed by atoms with Gasteiger partial charge in [-0.1, -0.05) is 59.9 Å². The average molecular weight is 1440 g/mol. The first-order chi connectivity index (χ1) is 55.5. The summed E-state index contributed by atoms with van der Waals surface area (Å²) in [5.41, 5.74) is 24.3. The van der Waals surface area contributed by atoms with Crippen LogP contribution < -0.4 is 22.8 Å². The molecule has 0 radical (unpaired) electrons. The fourth-order valence-electron chi connectivity index (χ4n) is 17.5. The van der Waals surface area contributed by atoms with Crippen molar-refractivity contribution in [2.75, 3.05) is 0 Å². The molecule has 5 aliphatic rings. The highest BCUT2D eigenvalue weighted by atomic mass is 32.1. The van der Waals surface area contributed by atoms with Crippen LogP contribution in [0, 0.1) is 0 Å². The summed E-state index contributed by atoms with van der Waals surface area (Å²) in [5, 5.41) is 5.36. The lowest BCUT2D eigenvalue weighted by atomic mass is 10.2. The molecule has 0 bridgehead atoms. The van der Waals surface area contributed by atoms with Gasteiger partial charge in [-0.25, -0.2) is 56.9 Å². The van der Waals surface area contributed by atoms with Crippen LogP contribution in [0.1, 0.15) is 36.0 Å². The summed E-state index contributed by atoms with van der Waals surface area (Å²) in [6.07, 6.45) is 27.0. The number of para-hydroxylation sites is 1. The largest absolute Gasteiger partial charge is 0.417 e. The molecule has 5 aliphatic heterocycles. The predicted molar refractivity (Wildman–Crippen MR) is 411 cm³/mol. The quantitative estimate of drug-likeness (QED) is 0.142. The fraction of sp³-hybridized carbons (Fsp3) is 0.145. The molecule has 25 heteroatoms. The van der Waals surface area contributed by atoms with Crippen molar-refractivity contribution in [3.05, 3.63) is 242 Å². The highest BCUT2D eigenvalue weighted by Crippen LogP contribution is 2.41. The zero-order chi connectivity index (χ0) is 77.1. The summed E-state index contributed by atoms with van der Waals surface area (Å²) in [6, 6.07) is 40.7. The van der Waals surface area contributed by atoms with Crippen LogP contribution in [-0.4, -0.2) is 86.4 Å². The number of thiophene rings is 1. The van der Waals surface area contributed by atoms with Gasteiger partial charge in [0.05, 0.1) is 128 Å². The summed E-state index contributed by atoms with van der Waals surface area (Å²) in [7, 11) is 10.6. The molecule has 0 atom stereocenters. The van der Waals surface area contributed by atoms with Crippen molar-refractivity contribution in [2.24, 2.45) is 49.2 Å². The molecular weight excluding hydrogens is 1370 g/mol. The Morgan fingerprint density at radius 2 is 0.741 bits per heavy atom. The number of nitrogens with zero attached hydrogens (tertiary/aromatic N) is 23. The van der Waals surface area contributed by atoms with Crippen LogP contribution in [0.3, 0.4) is 0 Å². The maximum Gasteiger partial charge on any atom is 0.339 e. The highest BCUT2D eigenvalue weighted by molar-refractivity contribution is 7.25. The maximum absolute atomic E-state index is 8.11. The zero-order valence-corrected chi connectivity index (χ0v) is 59.7. The monoisotopic (exact) mass is 1440 g/mol. The van der Waals surface area contributed by atoms with Gasteiger partial charge in [-0.05, 0) is 72.8 Å². The van der Waals surface area contributed by atoms with Crippen LogP contribution in [0.4, 0.5) is 0 Å². The first-order valence-electron chi connectivity index (χ1n) is 38.4. The fourth-order valence-corrected chi connectivity index (χ4v) is 18.7. The molecular formula is C83H66N23OS+5. The Morgan fingerprint density at radius 1 is 0.343 bits per heavy atom. The lowest BCUT2D eigenvalue weighted by Crippen LogP contribution is -2.33. The Labute approximate surface area is 626 Å². The molecule has 108 heavy (non-hydrogen) atoms. The van der Waals surface area contributed by atoms with E-state index in [9.17, 15) is 0 Å². The average Bonchev–Trinajstić information content (AvgIpc) is 1.53. The van der Waals surface area contributed by atoms with Crippen molar-refractivity contribution < 1.29 is 35.5 Å². The molecule has 0 fully saturated rings. The van der Waals surface area contributed by atoms with E-state index < -0.39 is 14.0 Å². The second-order valence-corrected chi connectivity index (χ2v) is 28.7. The molecule has 24 nitrogen and oxygen atoms in total. The SMILES string of the molecule is Cn1c2[n+](c3c1c1ccncc1n3-c1ccccc1)Cc1cccnc1-2.Cn1c2[n+](c3c1c1ccncc1n3C)Cc1cccnc1-2.Cn1c2[n+](c3oc4cnccc4c31)Cc1cccnc1-2.Cn1c2[n+](c3sc4cnccc4c31)Cc1cccnc1-2.[2H]C([2H])([2H])n1c2[n+](c3c1c1ccncc1n3C([2H])([2H])[2H])Cc1cccnc1-2. The predicted octanol–water partition coefficient (Wildman–Crippen LogP) is 11.3. The molecule has 0 saturated carbocycles. The Kier molecular flexibility index (Phi) is 11.9. The Hall–Kier alpha value is -13.8. The van der Waals surface area contributed by atoms with Crippen molar-refractivity contribution in [3.8, 4) is 63.3 Å². The Bertz CT molecular complexity index is 7510. The van der Waals surface area contributed by atoms with Gasteiger partial charge in [-0.15, -0.1) is 0 Å². The van der Waals surface area contributed by atoms with Gasteiger partial charge in [0.1, 0.15) is 52.4 Å². The van der Waals surface area contributed by atoms with E-state index in [1.165, 1.54) is 109 Å². The third-order valence-corrected chi connectivity index (χ3v) is 23.2. The second kappa shape index (κ2) is 23.1. The van der Waals surface area contributed by atoms with Gasteiger partial charge >= 0.3 is 17.4 Å². The van der Waals surface area contributed by atoms with Gasteiger partial charge in [0, 0.05) is 101 Å². The summed E-state index contributed by atoms with van der Waals surface area (Å²) >= 11 is 1.81. The first-order valence-corrected chi connectivity index (χ1v) is 36.2. The van der Waals surface area contributed by atoms with Crippen LogP contribution in [0.25, 0.3) is 172 Å². The van der Waals surface area contributed by atoms with E-state index in [2.05, 4.69) is 197 Å². The molecule has 25 heterocycles. The van der Waals surface area contributed by atoms with Gasteiger partial charge in [0.25, 0.3) is 34.4 Å². The summed E-state index contributed by atoms with van der Waals surface area (Å²) in [4.78, 5) is 45.0. The highest BCUT2D eigenvalue weighted by Gasteiger charge is 2.42. The van der Waals surface area contributed by atoms with Gasteiger partial charge in [0.15, 0.2) is 39.0 Å². The third-order valence-electron chi connectivity index (χ3n) is 22.0. The summed E-state index contributed by atoms with van der Waals surface area (Å²) < 4.78 is 82.6. The maximum atomic E-state index is 8.11. The minimum absolute atomic E-state index is 0.335. The number of hydrogen-bond donors (Lipinski definition) is 0. The van der Waals surface area contributed by atoms with E-state index in [-0.39, 0.29) is 0 Å². The number of furan rings is 1. The molecule has 520 valence electrons. The molecule has 0 amide bonds. The lowest BCUT2D eigenvalue weighted by Gasteiger charge is -2.02. The second-order valence-electron chi connectivity index (χ2n) is 27.7. The number of fused-ring (bicyclic) bond motifs is 35. The number of benzene rings is 1. The van der Waals surface area contributed by atoms with Gasteiger partial charge < -0.3 is 4.42 Å². The normalized spacial score (nSPS) is 14.0. The third kappa shape index (κ3) is 8.51. The first kappa shape index (κ1) is 55.7. The number of aryl methyl sites for hydroxylation is 7. The zero-order valence-electron chi connectivity index (χ0n) is 64.8. The van der Waals surface area contributed by atoms with Gasteiger partial charge in [-0.2, -0.15) is 4.57 Å². The van der Waals surface area contributed by atoms with E-state index in [4.69, 9.17) is 12.6 Å². The van der Waals surface area contributed by atoms with Crippen molar-refractivity contribution in [1.29, 1.82) is 0 Å². The minimum Gasteiger partial charge on any atom is -0.417 e. The topological polar surface area (TPSA) is 201 Å². The van der Waals surface area contributed by atoms with E-state index in [1.807, 2.05) is 116 Å². The Balaban J connectivity index is 0.0000000873. The van der Waals surface area contributed by atoms with Crippen molar-refractivity contribution in [1.82, 2.24) is 86.4 Å². The molecule has 26 rings (SSSR count). The van der Waals surface area contributed by atoms with Gasteiger partial charge in [-0.3, -0.25) is 47.8 Å². The van der Waals surface area contributed by atoms with Crippen LogP contribution in [-0.2, 0) is 81.9 Å². The van der Waals surface area contributed by atoms with E-state index in [0.717, 1.165) is 105 Å². The molecule has 0 unspecified atom stereocenters. The Morgan fingerprint density at radius 3 is 1.30 bits per heavy atom. The van der Waals surface area contributed by atoms with Crippen LogP contribution in [0.15, 0.2) is 219 Å². The smallest absolute Gasteiger partial charge is 0.339 e. The molecule has 0 aliphatic carbocycles. The number of rotatable bonds is 1. The van der Waals surface area contributed by atoms with Crippen molar-refractivity contribution in [3.63, 3.8) is 0 Å². The van der Waals surface area contributed by atoms with Crippen molar-refractivity contribution >= 4 is 120 Å². The van der Waals surface area contributed by atoms with Crippen LogP contribution in [0.2, 0.25) is 0 Å². The molecule has 1 aromatic carbocycles. The van der Waals surface area contributed by atoms with E-state index in [1.54, 1.807) is 35.3 Å². The van der Waals surface area contributed by atoms with Crippen LogP contribution >= 0.6 is 11.3 Å². The van der Waals surface area contributed by atoms with Crippen molar-refractivity contribution in [2.45, 2.75) is 32.7 Å². The number of aromatic nitrogens is 23. The molecule has 0 saturated heterocycles. The molecule has 21 aromatic rings. The number of imidazole rings is 5. The number of pyridine rings is 10. The molecule has 20 aromatic heterocycles. The minimum atomic E-state index is -2.50. The van der Waals surface area contributed by atoms with E-state index >= 15 is 0 Å². The summed E-state index contributed by atoms with van der Waals surface area (Å²) in [5.74, 6) is 5.06. The molecule has 0 spiro atoms.